The molecule has 1 aromatic heterocycles. The summed E-state index contributed by atoms with van der Waals surface area (Å²) >= 11 is 0. The molecule has 2 aliphatic rings. The van der Waals surface area contributed by atoms with Crippen LogP contribution in [0.5, 0.6) is 5.75 Å². The molecule has 8 heteroatoms. The second kappa shape index (κ2) is 8.63. The Morgan fingerprint density at radius 3 is 2.72 bits per heavy atom. The average molecular weight is 397 g/mol. The van der Waals surface area contributed by atoms with Crippen LogP contribution in [0, 0.1) is 0 Å². The van der Waals surface area contributed by atoms with Gasteiger partial charge in [-0.25, -0.2) is 4.68 Å². The maximum atomic E-state index is 12.6. The lowest BCUT2D eigenvalue weighted by atomic mass is 10.1. The van der Waals surface area contributed by atoms with Crippen molar-refractivity contribution in [2.45, 2.75) is 45.2 Å². The van der Waals surface area contributed by atoms with Gasteiger partial charge in [0.15, 0.2) is 0 Å². The van der Waals surface area contributed by atoms with Crippen LogP contribution < -0.4 is 4.74 Å². The Balaban J connectivity index is 1.27. The van der Waals surface area contributed by atoms with Gasteiger partial charge in [0, 0.05) is 31.6 Å². The van der Waals surface area contributed by atoms with Crippen LogP contribution in [0.1, 0.15) is 54.7 Å². The van der Waals surface area contributed by atoms with Gasteiger partial charge < -0.3 is 14.5 Å². The molecule has 0 saturated carbocycles. The van der Waals surface area contributed by atoms with Crippen LogP contribution in [0.4, 0.5) is 0 Å². The van der Waals surface area contributed by atoms with E-state index in [0.29, 0.717) is 38.2 Å². The van der Waals surface area contributed by atoms with Gasteiger partial charge in [-0.3, -0.25) is 9.59 Å². The van der Waals surface area contributed by atoms with Gasteiger partial charge in [-0.2, -0.15) is 0 Å². The Morgan fingerprint density at radius 1 is 1.24 bits per heavy atom. The van der Waals surface area contributed by atoms with Crippen LogP contribution in [0.15, 0.2) is 30.5 Å². The van der Waals surface area contributed by atoms with Crippen molar-refractivity contribution in [2.75, 3.05) is 26.2 Å². The summed E-state index contributed by atoms with van der Waals surface area (Å²) < 4.78 is 7.46. The minimum Gasteiger partial charge on any atom is -0.494 e. The molecule has 2 fully saturated rings. The van der Waals surface area contributed by atoms with Crippen LogP contribution in [0.3, 0.4) is 0 Å². The predicted octanol–water partition coefficient (Wildman–Crippen LogP) is 2.28. The molecule has 0 radical (unpaired) electrons. The van der Waals surface area contributed by atoms with Gasteiger partial charge in [-0.05, 0) is 37.1 Å². The van der Waals surface area contributed by atoms with Crippen molar-refractivity contribution in [1.82, 2.24) is 24.8 Å². The van der Waals surface area contributed by atoms with Crippen molar-refractivity contribution >= 4 is 11.8 Å². The van der Waals surface area contributed by atoms with E-state index in [1.165, 1.54) is 0 Å². The lowest BCUT2D eigenvalue weighted by molar-refractivity contribution is -0.128. The number of unbranched alkanes of at least 4 members (excludes halogenated alkanes) is 1. The van der Waals surface area contributed by atoms with E-state index in [-0.39, 0.29) is 17.9 Å². The first-order chi connectivity index (χ1) is 14.1. The summed E-state index contributed by atoms with van der Waals surface area (Å²) in [5, 5.41) is 8.38. The molecule has 0 unspecified atom stereocenters. The third kappa shape index (κ3) is 4.41. The Labute approximate surface area is 170 Å². The lowest BCUT2D eigenvalue weighted by Gasteiger charge is -2.38. The van der Waals surface area contributed by atoms with E-state index in [4.69, 9.17) is 4.74 Å². The molecule has 2 amide bonds. The van der Waals surface area contributed by atoms with Crippen LogP contribution in [-0.2, 0) is 11.3 Å². The van der Waals surface area contributed by atoms with Gasteiger partial charge in [0.2, 0.25) is 5.91 Å². The molecule has 0 spiro atoms. The number of benzene rings is 1. The summed E-state index contributed by atoms with van der Waals surface area (Å²) in [4.78, 5) is 28.0. The molecule has 154 valence electrons. The number of carbonyl (C=O) groups is 2. The van der Waals surface area contributed by atoms with Gasteiger partial charge in [0.25, 0.3) is 5.91 Å². The third-order valence-electron chi connectivity index (χ3n) is 5.47. The van der Waals surface area contributed by atoms with E-state index >= 15 is 0 Å². The molecule has 0 N–H and O–H groups in total. The fraction of sp³-hybridized carbons (Fsp3) is 0.524. The van der Waals surface area contributed by atoms with E-state index in [1.807, 2.05) is 44.9 Å². The maximum Gasteiger partial charge on any atom is 0.254 e. The van der Waals surface area contributed by atoms with Crippen LogP contribution >= 0.6 is 0 Å². The van der Waals surface area contributed by atoms with Crippen molar-refractivity contribution in [3.8, 4) is 5.75 Å². The molecular formula is C21H27N5O3. The van der Waals surface area contributed by atoms with E-state index in [1.54, 1.807) is 0 Å². The van der Waals surface area contributed by atoms with Gasteiger partial charge in [0.1, 0.15) is 11.4 Å². The summed E-state index contributed by atoms with van der Waals surface area (Å²) in [6, 6.07) is 7.47. The van der Waals surface area contributed by atoms with Gasteiger partial charge in [-0.1, -0.05) is 18.6 Å². The summed E-state index contributed by atoms with van der Waals surface area (Å²) in [5.41, 5.74) is 1.46. The van der Waals surface area contributed by atoms with Crippen molar-refractivity contribution in [1.29, 1.82) is 0 Å². The summed E-state index contributed by atoms with van der Waals surface area (Å²) in [6.07, 6.45) is 5.54. The van der Waals surface area contributed by atoms with Crippen molar-refractivity contribution in [3.05, 3.63) is 41.7 Å². The number of nitrogens with zero attached hydrogens (tertiary/aromatic N) is 5. The van der Waals surface area contributed by atoms with Gasteiger partial charge >= 0.3 is 0 Å². The van der Waals surface area contributed by atoms with Crippen molar-refractivity contribution in [3.63, 3.8) is 0 Å². The second-order valence-electron chi connectivity index (χ2n) is 7.70. The van der Waals surface area contributed by atoms with Crippen LogP contribution in [0.25, 0.3) is 0 Å². The van der Waals surface area contributed by atoms with E-state index in [0.717, 1.165) is 37.3 Å². The quantitative estimate of drug-likeness (QED) is 0.639. The molecule has 2 saturated heterocycles. The molecule has 0 bridgehead atoms. The first-order valence-corrected chi connectivity index (χ1v) is 10.3. The second-order valence-corrected chi connectivity index (χ2v) is 7.70. The Bertz CT molecular complexity index is 857. The normalized spacial score (nSPS) is 16.9. The highest BCUT2D eigenvalue weighted by Crippen LogP contribution is 2.24. The number of carbonyl (C=O) groups excluding carboxylic acids is 2. The highest BCUT2D eigenvalue weighted by Gasteiger charge is 2.33. The van der Waals surface area contributed by atoms with Gasteiger partial charge in [-0.15, -0.1) is 5.10 Å². The van der Waals surface area contributed by atoms with Crippen molar-refractivity contribution in [2.24, 2.45) is 0 Å². The number of hydrogen-bond acceptors (Lipinski definition) is 5. The molecule has 29 heavy (non-hydrogen) atoms. The molecule has 0 atom stereocenters. The minimum atomic E-state index is 0.0179. The molecule has 1 aromatic carbocycles. The molecule has 3 heterocycles. The fourth-order valence-electron chi connectivity index (χ4n) is 3.63. The zero-order chi connectivity index (χ0) is 20.2. The highest BCUT2D eigenvalue weighted by molar-refractivity contribution is 5.94. The minimum absolute atomic E-state index is 0.0179. The van der Waals surface area contributed by atoms with E-state index < -0.39 is 0 Å². The smallest absolute Gasteiger partial charge is 0.254 e. The molecular weight excluding hydrogens is 370 g/mol. The maximum absolute atomic E-state index is 12.6. The topological polar surface area (TPSA) is 80.6 Å². The summed E-state index contributed by atoms with van der Waals surface area (Å²) in [6.45, 7) is 5.35. The predicted molar refractivity (Wildman–Crippen MR) is 106 cm³/mol. The monoisotopic (exact) mass is 397 g/mol. The summed E-state index contributed by atoms with van der Waals surface area (Å²) in [5.74, 6) is 0.995. The average Bonchev–Trinajstić information content (AvgIpc) is 3.31. The van der Waals surface area contributed by atoms with Crippen LogP contribution in [-0.4, -0.2) is 62.8 Å². The molecule has 2 aliphatic heterocycles. The van der Waals surface area contributed by atoms with E-state index in [2.05, 4.69) is 17.2 Å². The first kappa shape index (κ1) is 19.4. The zero-order valence-electron chi connectivity index (χ0n) is 16.8. The lowest BCUT2D eigenvalue weighted by Crippen LogP contribution is -2.50. The zero-order valence-corrected chi connectivity index (χ0v) is 16.8. The standard InChI is InChI=1S/C21H27N5O3/c1-2-3-11-29-19-8-6-16(7-9-19)21(28)25-14-18(15-25)26-13-17(22-23-26)12-24-10-4-5-20(24)27/h6-9,13,18H,2-5,10-12,14-15H2,1H3. The van der Waals surface area contributed by atoms with Crippen LogP contribution in [0.2, 0.25) is 0 Å². The number of likely N-dealkylation sites (tertiary alicyclic amines) is 2. The molecule has 0 aliphatic carbocycles. The SMILES string of the molecule is CCCCOc1ccc(C(=O)N2CC(n3cc(CN4CCCC4=O)nn3)C2)cc1. The van der Waals surface area contributed by atoms with Crippen molar-refractivity contribution < 1.29 is 14.3 Å². The number of amides is 2. The molecule has 4 rings (SSSR count). The fourth-order valence-corrected chi connectivity index (χ4v) is 3.63. The Kier molecular flexibility index (Phi) is 5.78. The number of rotatable bonds is 8. The Morgan fingerprint density at radius 2 is 2.03 bits per heavy atom. The molecule has 8 nitrogen and oxygen atoms in total. The van der Waals surface area contributed by atoms with Gasteiger partial charge in [0.05, 0.1) is 25.4 Å². The number of hydrogen-bond donors (Lipinski definition) is 0. The summed E-state index contributed by atoms with van der Waals surface area (Å²) in [7, 11) is 0. The highest BCUT2D eigenvalue weighted by atomic mass is 16.5. The number of ether oxygens (including phenoxy) is 1. The largest absolute Gasteiger partial charge is 0.494 e. The molecule has 2 aromatic rings. The number of aromatic nitrogens is 3. The Hall–Kier alpha value is -2.90. The third-order valence-corrected chi connectivity index (χ3v) is 5.47. The van der Waals surface area contributed by atoms with E-state index in [9.17, 15) is 9.59 Å². The first-order valence-electron chi connectivity index (χ1n) is 10.3.